The summed E-state index contributed by atoms with van der Waals surface area (Å²) in [6.07, 6.45) is -13.9. The molecule has 1 aromatic carbocycles. The van der Waals surface area contributed by atoms with Crippen molar-refractivity contribution in [1.82, 2.24) is 16.0 Å². The number of ether oxygens (including phenoxy) is 4. The van der Waals surface area contributed by atoms with Crippen LogP contribution < -0.4 is 16.0 Å². The Kier molecular flexibility index (Phi) is 11.1. The molecule has 2 heterocycles. The molecule has 2 unspecified atom stereocenters. The maximum absolute atomic E-state index is 12.5. The number of esters is 1. The molecule has 3 rings (SSSR count). The maximum atomic E-state index is 12.5. The molecule has 0 radical (unpaired) electrons. The number of alkyl carbamates (subject to hydrolysis) is 1. The van der Waals surface area contributed by atoms with Gasteiger partial charge in [-0.15, -0.1) is 0 Å². The lowest BCUT2D eigenvalue weighted by Gasteiger charge is -2.20. The van der Waals surface area contributed by atoms with Crippen LogP contribution in [-0.4, -0.2) is 118 Å². The van der Waals surface area contributed by atoms with Crippen LogP contribution in [0.5, 0.6) is 0 Å². The molecule has 40 heavy (non-hydrogen) atoms. The van der Waals surface area contributed by atoms with Crippen molar-refractivity contribution in [2.45, 2.75) is 74.6 Å². The molecule has 1 aromatic rings. The van der Waals surface area contributed by atoms with Gasteiger partial charge in [-0.2, -0.15) is 0 Å². The number of rotatable bonds is 11. The van der Waals surface area contributed by atoms with E-state index in [0.29, 0.717) is 0 Å². The zero-order valence-corrected chi connectivity index (χ0v) is 21.4. The highest BCUT2D eigenvalue weighted by atomic mass is 16.6. The number of aliphatic hydroxyl groups excluding tert-OH is 5. The second-order valence-electron chi connectivity index (χ2n) is 9.11. The van der Waals surface area contributed by atoms with Crippen molar-refractivity contribution >= 4 is 23.9 Å². The van der Waals surface area contributed by atoms with Crippen molar-refractivity contribution in [3.05, 3.63) is 35.9 Å². The molecule has 0 aromatic heterocycles. The van der Waals surface area contributed by atoms with Gasteiger partial charge in [0.05, 0.1) is 13.7 Å². The van der Waals surface area contributed by atoms with Gasteiger partial charge in [0.25, 0.3) is 5.91 Å². The van der Waals surface area contributed by atoms with E-state index in [1.165, 1.54) is 0 Å². The first-order valence-electron chi connectivity index (χ1n) is 12.3. The standard InChI is InChI=1S/C24H33N3O13/c1-37-23(35)12(25-24(36)38-10-11-5-3-2-4-6-11)7-8-14(29)26-21-18(33)16(31)19(40-21)20(34)27-22-17(32)15(30)13(9-28)39-22/h2-6,12-13,15-19,21-22,28,30-33H,7-10H2,1H3,(H,25,36)(H,26,29)(H,27,34)/t12-,13+,15?,16?,17+,18+,19-,21+,22+/m0/s1. The molecule has 16 heteroatoms. The van der Waals surface area contributed by atoms with Gasteiger partial charge in [0.2, 0.25) is 5.91 Å². The summed E-state index contributed by atoms with van der Waals surface area (Å²) in [5.41, 5.74) is 0.717. The molecule has 2 aliphatic rings. The number of carbonyl (C=O) groups excluding carboxylic acids is 4. The molecule has 0 bridgehead atoms. The van der Waals surface area contributed by atoms with E-state index in [1.807, 2.05) is 0 Å². The summed E-state index contributed by atoms with van der Waals surface area (Å²) in [7, 11) is 1.10. The van der Waals surface area contributed by atoms with E-state index in [0.717, 1.165) is 12.7 Å². The minimum absolute atomic E-state index is 0.0521. The zero-order valence-electron chi connectivity index (χ0n) is 21.4. The van der Waals surface area contributed by atoms with E-state index in [4.69, 9.17) is 19.3 Å². The zero-order chi connectivity index (χ0) is 29.4. The summed E-state index contributed by atoms with van der Waals surface area (Å²) in [6, 6.07) is 7.55. The van der Waals surface area contributed by atoms with Crippen molar-refractivity contribution in [2.24, 2.45) is 0 Å². The van der Waals surface area contributed by atoms with Crippen LogP contribution in [0.3, 0.4) is 0 Å². The van der Waals surface area contributed by atoms with E-state index in [2.05, 4.69) is 20.7 Å². The number of carbonyl (C=O) groups is 4. The Balaban J connectivity index is 1.48. The third-order valence-electron chi connectivity index (χ3n) is 6.30. The Morgan fingerprint density at radius 2 is 1.57 bits per heavy atom. The second-order valence-corrected chi connectivity index (χ2v) is 9.11. The van der Waals surface area contributed by atoms with Crippen molar-refractivity contribution in [3.63, 3.8) is 0 Å². The van der Waals surface area contributed by atoms with Crippen LogP contribution in [0.25, 0.3) is 0 Å². The molecule has 2 aliphatic heterocycles. The average molecular weight is 572 g/mol. The fourth-order valence-electron chi connectivity index (χ4n) is 4.06. The Morgan fingerprint density at radius 3 is 2.20 bits per heavy atom. The van der Waals surface area contributed by atoms with Crippen molar-refractivity contribution in [3.8, 4) is 0 Å². The van der Waals surface area contributed by atoms with Gasteiger partial charge in [0.1, 0.15) is 43.2 Å². The summed E-state index contributed by atoms with van der Waals surface area (Å²) >= 11 is 0. The molecule has 8 N–H and O–H groups in total. The highest BCUT2D eigenvalue weighted by molar-refractivity contribution is 5.84. The van der Waals surface area contributed by atoms with Crippen LogP contribution in [0.2, 0.25) is 0 Å². The summed E-state index contributed by atoms with van der Waals surface area (Å²) in [5, 5.41) is 56.2. The van der Waals surface area contributed by atoms with Gasteiger partial charge in [-0.1, -0.05) is 30.3 Å². The Hall–Kier alpha value is -3.38. The summed E-state index contributed by atoms with van der Waals surface area (Å²) in [5.74, 6) is -2.62. The van der Waals surface area contributed by atoms with Gasteiger partial charge in [0, 0.05) is 6.42 Å². The predicted octanol–water partition coefficient (Wildman–Crippen LogP) is -3.65. The maximum Gasteiger partial charge on any atom is 0.408 e. The van der Waals surface area contributed by atoms with E-state index in [1.54, 1.807) is 30.3 Å². The minimum atomic E-state index is -1.79. The van der Waals surface area contributed by atoms with Crippen LogP contribution in [0.15, 0.2) is 30.3 Å². The average Bonchev–Trinajstić information content (AvgIpc) is 3.39. The molecular weight excluding hydrogens is 538 g/mol. The molecule has 16 nitrogen and oxygen atoms in total. The highest BCUT2D eigenvalue weighted by Gasteiger charge is 2.49. The van der Waals surface area contributed by atoms with Gasteiger partial charge in [-0.25, -0.2) is 9.59 Å². The second kappa shape index (κ2) is 14.3. The van der Waals surface area contributed by atoms with Crippen LogP contribution in [0.4, 0.5) is 4.79 Å². The highest BCUT2D eigenvalue weighted by Crippen LogP contribution is 2.23. The Labute approximate surface area is 228 Å². The monoisotopic (exact) mass is 571 g/mol. The van der Waals surface area contributed by atoms with Gasteiger partial charge < -0.3 is 60.4 Å². The third kappa shape index (κ3) is 7.85. The molecule has 222 valence electrons. The molecule has 9 atom stereocenters. The summed E-state index contributed by atoms with van der Waals surface area (Å²) in [4.78, 5) is 49.3. The minimum Gasteiger partial charge on any atom is -0.467 e. The molecule has 0 aliphatic carbocycles. The van der Waals surface area contributed by atoms with Gasteiger partial charge >= 0.3 is 12.1 Å². The number of nitrogens with one attached hydrogen (secondary N) is 3. The van der Waals surface area contributed by atoms with Crippen LogP contribution in [0.1, 0.15) is 18.4 Å². The summed E-state index contributed by atoms with van der Waals surface area (Å²) < 4.78 is 20.1. The predicted molar refractivity (Wildman–Crippen MR) is 130 cm³/mol. The fraction of sp³-hybridized carbons (Fsp3) is 0.583. The molecule has 2 saturated heterocycles. The van der Waals surface area contributed by atoms with E-state index in [-0.39, 0.29) is 19.4 Å². The lowest BCUT2D eigenvalue weighted by molar-refractivity contribution is -0.145. The normalized spacial score (nSPS) is 30.2. The SMILES string of the molecule is COC(=O)[C@H](CCC(=O)N[C@@H]1O[C@H](C(=O)N[C@@H]2O[C@H](CO)C(O)[C@H]2O)C(O)[C@H]1O)NC(=O)OCc1ccccc1. The smallest absolute Gasteiger partial charge is 0.408 e. The van der Waals surface area contributed by atoms with Crippen molar-refractivity contribution in [2.75, 3.05) is 13.7 Å². The van der Waals surface area contributed by atoms with Gasteiger partial charge in [-0.3, -0.25) is 9.59 Å². The third-order valence-corrected chi connectivity index (χ3v) is 6.30. The topological polar surface area (TPSA) is 242 Å². The first kappa shape index (κ1) is 31.2. The van der Waals surface area contributed by atoms with Crippen LogP contribution >= 0.6 is 0 Å². The molecule has 3 amide bonds. The van der Waals surface area contributed by atoms with Crippen LogP contribution in [-0.2, 0) is 39.9 Å². The van der Waals surface area contributed by atoms with Crippen molar-refractivity contribution < 1.29 is 63.7 Å². The summed E-state index contributed by atoms with van der Waals surface area (Å²) in [6.45, 7) is -0.676. The first-order valence-corrected chi connectivity index (χ1v) is 12.3. The number of amides is 3. The quantitative estimate of drug-likeness (QED) is 0.120. The largest absolute Gasteiger partial charge is 0.467 e. The fourth-order valence-corrected chi connectivity index (χ4v) is 4.06. The number of methoxy groups -OCH3 is 1. The number of benzene rings is 1. The van der Waals surface area contributed by atoms with Gasteiger partial charge in [-0.05, 0) is 12.0 Å². The lowest BCUT2D eigenvalue weighted by atomic mass is 10.1. The molecule has 0 spiro atoms. The number of aliphatic hydroxyl groups is 5. The van der Waals surface area contributed by atoms with E-state index >= 15 is 0 Å². The number of hydrogen-bond donors (Lipinski definition) is 8. The Bertz CT molecular complexity index is 1030. The van der Waals surface area contributed by atoms with E-state index in [9.17, 15) is 39.6 Å². The number of hydrogen-bond acceptors (Lipinski definition) is 13. The molecular formula is C24H33N3O13. The van der Waals surface area contributed by atoms with Crippen LogP contribution in [0, 0.1) is 0 Å². The molecule has 0 saturated carbocycles. The van der Waals surface area contributed by atoms with Gasteiger partial charge in [0.15, 0.2) is 18.6 Å². The first-order chi connectivity index (χ1) is 19.0. The molecule has 2 fully saturated rings. The van der Waals surface area contributed by atoms with E-state index < -0.39 is 85.6 Å². The van der Waals surface area contributed by atoms with Crippen molar-refractivity contribution in [1.29, 1.82) is 0 Å². The lowest BCUT2D eigenvalue weighted by Crippen LogP contribution is -2.50. The Morgan fingerprint density at radius 1 is 0.925 bits per heavy atom.